The molecule has 57 heavy (non-hydrogen) atoms. The summed E-state index contributed by atoms with van der Waals surface area (Å²) in [5.41, 5.74) is 11.0. The topological polar surface area (TPSA) is 62.7 Å². The van der Waals surface area contributed by atoms with E-state index in [1.54, 1.807) is 10.8 Å². The summed E-state index contributed by atoms with van der Waals surface area (Å²) < 4.78 is 6.35. The van der Waals surface area contributed by atoms with Gasteiger partial charge in [-0.1, -0.05) is 136 Å². The molecule has 2 fully saturated rings. The predicted molar refractivity (Wildman–Crippen MR) is 234 cm³/mol. The Labute approximate surface area is 353 Å². The molecule has 4 nitrogen and oxygen atoms in total. The van der Waals surface area contributed by atoms with Crippen LogP contribution in [0.4, 0.5) is 0 Å². The van der Waals surface area contributed by atoms with Gasteiger partial charge in [-0.3, -0.25) is 0 Å². The molecular weight excluding hydrogens is 891 g/mol. The molecule has 2 saturated carbocycles. The van der Waals surface area contributed by atoms with Gasteiger partial charge in [-0.2, -0.15) is 5.26 Å². The summed E-state index contributed by atoms with van der Waals surface area (Å²) in [6, 6.07) is 42.0. The number of furan rings is 1. The van der Waals surface area contributed by atoms with Gasteiger partial charge in [-0.25, -0.2) is 0 Å². The van der Waals surface area contributed by atoms with E-state index in [1.165, 1.54) is 76.2 Å². The fourth-order valence-corrected chi connectivity index (χ4v) is 10.5. The van der Waals surface area contributed by atoms with Crippen molar-refractivity contribution >= 4 is 35.2 Å². The van der Waals surface area contributed by atoms with Crippen molar-refractivity contribution in [3.8, 4) is 39.7 Å². The largest absolute Gasteiger partial charge is 0.476 e. The standard InChI is InChI=1S/C30H23N2O.C21H28NSi.Ir/c31-19-20-15-26(22-9-5-2-6-10-22)30-27(16-20)25-12-11-24(18-29(25)33-30)28-17-23(13-14-32-28)21-7-3-1-4-8-21;1-23(2,3)21-16-22-20(18-12-8-5-9-13-18)15-19(21)14-17-10-6-4-7-11-17;/h2,5-6,9-17,21H,1,3-4,7-8H2;5,8-9,12,15-17H,4,6-7,10-11,14H2,1-3H3;/q2*-1;. The number of rotatable bonds is 7. The minimum Gasteiger partial charge on any atom is -0.476 e. The van der Waals surface area contributed by atoms with Gasteiger partial charge in [0.15, 0.2) is 0 Å². The predicted octanol–water partition coefficient (Wildman–Crippen LogP) is 13.2. The Morgan fingerprint density at radius 3 is 2.21 bits per heavy atom. The van der Waals surface area contributed by atoms with Crippen molar-refractivity contribution in [3.05, 3.63) is 138 Å². The molecule has 291 valence electrons. The smallest absolute Gasteiger partial charge is 0.131 e. The second kappa shape index (κ2) is 18.3. The zero-order chi connectivity index (χ0) is 38.5. The molecule has 2 aliphatic rings. The molecule has 2 aliphatic carbocycles. The van der Waals surface area contributed by atoms with E-state index >= 15 is 0 Å². The summed E-state index contributed by atoms with van der Waals surface area (Å²) >= 11 is 0. The van der Waals surface area contributed by atoms with Gasteiger partial charge in [-0.05, 0) is 76.8 Å². The summed E-state index contributed by atoms with van der Waals surface area (Å²) in [6.07, 6.45) is 18.9. The van der Waals surface area contributed by atoms with Gasteiger partial charge in [0.05, 0.1) is 25.3 Å². The molecule has 3 heterocycles. The Morgan fingerprint density at radius 2 is 1.49 bits per heavy atom. The minimum absolute atomic E-state index is 0. The maximum absolute atomic E-state index is 9.61. The van der Waals surface area contributed by atoms with Gasteiger partial charge in [0, 0.05) is 38.1 Å². The van der Waals surface area contributed by atoms with Crippen molar-refractivity contribution in [3.63, 3.8) is 0 Å². The first kappa shape index (κ1) is 40.5. The van der Waals surface area contributed by atoms with Crippen molar-refractivity contribution in [1.82, 2.24) is 9.97 Å². The Morgan fingerprint density at radius 1 is 0.754 bits per heavy atom. The summed E-state index contributed by atoms with van der Waals surface area (Å²) in [4.78, 5) is 9.41. The molecule has 0 unspecified atom stereocenters. The zero-order valence-electron chi connectivity index (χ0n) is 33.4. The van der Waals surface area contributed by atoms with Crippen LogP contribution < -0.4 is 5.19 Å². The van der Waals surface area contributed by atoms with E-state index in [-0.39, 0.29) is 20.1 Å². The summed E-state index contributed by atoms with van der Waals surface area (Å²) in [7, 11) is -1.36. The van der Waals surface area contributed by atoms with E-state index in [1.807, 2.05) is 60.8 Å². The Bertz CT molecular complexity index is 2470. The summed E-state index contributed by atoms with van der Waals surface area (Å²) in [6.45, 7) is 7.30. The third-order valence-corrected chi connectivity index (χ3v) is 13.9. The summed E-state index contributed by atoms with van der Waals surface area (Å²) in [5.74, 6) is 1.50. The Balaban J connectivity index is 0.000000183. The number of nitriles is 1. The van der Waals surface area contributed by atoms with Crippen LogP contribution in [0.3, 0.4) is 0 Å². The Hall–Kier alpha value is -4.66. The van der Waals surface area contributed by atoms with Crippen LogP contribution in [0.5, 0.6) is 0 Å². The monoisotopic (exact) mass is 942 g/mol. The average Bonchev–Trinajstić information content (AvgIpc) is 3.62. The van der Waals surface area contributed by atoms with Crippen LogP contribution in [-0.4, -0.2) is 18.0 Å². The molecule has 0 aliphatic heterocycles. The molecule has 0 saturated heterocycles. The molecule has 1 radical (unpaired) electrons. The molecule has 3 aromatic heterocycles. The van der Waals surface area contributed by atoms with Gasteiger partial charge in [0.1, 0.15) is 5.58 Å². The maximum atomic E-state index is 9.61. The second-order valence-corrected chi connectivity index (χ2v) is 21.9. The van der Waals surface area contributed by atoms with Crippen molar-refractivity contribution in [2.24, 2.45) is 5.92 Å². The van der Waals surface area contributed by atoms with Crippen LogP contribution in [0.25, 0.3) is 55.6 Å². The van der Waals surface area contributed by atoms with Crippen LogP contribution in [0.1, 0.15) is 86.8 Å². The number of benzene rings is 4. The first-order valence-corrected chi connectivity index (χ1v) is 24.1. The molecule has 0 spiro atoms. The summed E-state index contributed by atoms with van der Waals surface area (Å²) in [5, 5.41) is 13.1. The van der Waals surface area contributed by atoms with Crippen molar-refractivity contribution in [2.75, 3.05) is 0 Å². The van der Waals surface area contributed by atoms with Gasteiger partial charge in [-0.15, -0.1) is 53.6 Å². The van der Waals surface area contributed by atoms with E-state index in [0.717, 1.165) is 55.9 Å². The molecule has 9 rings (SSSR count). The molecule has 0 amide bonds. The van der Waals surface area contributed by atoms with Crippen molar-refractivity contribution < 1.29 is 24.5 Å². The third kappa shape index (κ3) is 9.39. The SMILES string of the molecule is C[Si](C)(C)c1cnc(-c2[c-]cccc2)cc1CC1CCCCC1.N#Cc1cc(-c2ccccc2)c2oc3[c-]c(-c4cc(C5CCCCC5)ccn4)ccc3c2c1.[Ir]. The van der Waals surface area contributed by atoms with Crippen LogP contribution in [0, 0.1) is 29.4 Å². The quantitative estimate of drug-likeness (QED) is 0.118. The van der Waals surface area contributed by atoms with Crippen LogP contribution in [0.15, 0.2) is 114 Å². The Kier molecular flexibility index (Phi) is 13.0. The molecule has 0 N–H and O–H groups in total. The normalized spacial score (nSPS) is 15.1. The number of pyridine rings is 2. The first-order valence-electron chi connectivity index (χ1n) is 20.6. The van der Waals surface area contributed by atoms with E-state index in [2.05, 4.69) is 91.5 Å². The van der Waals surface area contributed by atoms with Crippen LogP contribution in [-0.2, 0) is 26.5 Å². The van der Waals surface area contributed by atoms with Crippen molar-refractivity contribution in [2.45, 2.75) is 96.2 Å². The van der Waals surface area contributed by atoms with Gasteiger partial charge < -0.3 is 14.4 Å². The van der Waals surface area contributed by atoms with Crippen LogP contribution >= 0.6 is 0 Å². The average molecular weight is 942 g/mol. The number of hydrogen-bond donors (Lipinski definition) is 0. The molecule has 4 aromatic carbocycles. The van der Waals surface area contributed by atoms with Crippen molar-refractivity contribution in [1.29, 1.82) is 5.26 Å². The van der Waals surface area contributed by atoms with E-state index in [9.17, 15) is 5.26 Å². The fraction of sp³-hybridized carbons (Fsp3) is 0.314. The fourth-order valence-electron chi connectivity index (χ4n) is 8.88. The third-order valence-electron chi connectivity index (χ3n) is 11.9. The van der Waals surface area contributed by atoms with Gasteiger partial charge in [0.25, 0.3) is 0 Å². The molecule has 7 aromatic rings. The maximum Gasteiger partial charge on any atom is 0.131 e. The molecule has 6 heteroatoms. The first-order chi connectivity index (χ1) is 27.3. The number of aromatic nitrogens is 2. The van der Waals surface area contributed by atoms with Crippen LogP contribution in [0.2, 0.25) is 19.6 Å². The minimum atomic E-state index is -1.36. The van der Waals surface area contributed by atoms with Gasteiger partial charge in [0.2, 0.25) is 0 Å². The number of nitrogens with zero attached hydrogens (tertiary/aromatic N) is 3. The number of hydrogen-bond acceptors (Lipinski definition) is 4. The van der Waals surface area contributed by atoms with E-state index in [4.69, 9.17) is 9.40 Å². The molecular formula is C51H51IrN3OSi-2. The van der Waals surface area contributed by atoms with E-state index < -0.39 is 8.07 Å². The number of fused-ring (bicyclic) bond motifs is 3. The van der Waals surface area contributed by atoms with Gasteiger partial charge >= 0.3 is 0 Å². The molecule has 0 bridgehead atoms. The zero-order valence-corrected chi connectivity index (χ0v) is 36.8. The second-order valence-electron chi connectivity index (χ2n) is 16.9. The molecule has 0 atom stereocenters. The van der Waals surface area contributed by atoms with E-state index in [0.29, 0.717) is 17.1 Å².